The van der Waals surface area contributed by atoms with Crippen LogP contribution in [0.4, 0.5) is 0 Å². The molecule has 1 heterocycles. The van der Waals surface area contributed by atoms with Crippen molar-refractivity contribution in [2.75, 3.05) is 0 Å². The largest absolute Gasteiger partial charge is 0.341 e. The van der Waals surface area contributed by atoms with Gasteiger partial charge in [0.1, 0.15) is 11.9 Å². The molecule has 0 fully saturated rings. The highest BCUT2D eigenvalue weighted by atomic mass is 14.9. The number of hydrogen-bond acceptors (Lipinski definition) is 2. The monoisotopic (exact) mass is 225 g/mol. The van der Waals surface area contributed by atoms with Gasteiger partial charge in [0.25, 0.3) is 0 Å². The molecule has 86 valence electrons. The highest BCUT2D eigenvalue weighted by molar-refractivity contribution is 5.69. The Bertz CT molecular complexity index is 615. The van der Waals surface area contributed by atoms with Gasteiger partial charge in [-0.3, -0.25) is 0 Å². The molecular weight excluding hydrogens is 210 g/mol. The van der Waals surface area contributed by atoms with E-state index in [1.807, 2.05) is 6.92 Å². The molecule has 3 heteroatoms. The average Bonchev–Trinajstić information content (AvgIpc) is 2.64. The highest BCUT2D eigenvalue weighted by Gasteiger charge is 2.12. The lowest BCUT2D eigenvalue weighted by Crippen LogP contribution is -1.91. The van der Waals surface area contributed by atoms with Crippen molar-refractivity contribution in [3.05, 3.63) is 40.3 Å². The highest BCUT2D eigenvalue weighted by Crippen LogP contribution is 2.27. The Labute approximate surface area is 101 Å². The summed E-state index contributed by atoms with van der Waals surface area (Å²) >= 11 is 0. The number of imidazole rings is 1. The normalized spacial score (nSPS) is 10.3. The molecule has 0 amide bonds. The number of benzene rings is 1. The second kappa shape index (κ2) is 4.06. The van der Waals surface area contributed by atoms with Gasteiger partial charge in [0.05, 0.1) is 5.69 Å². The van der Waals surface area contributed by atoms with Crippen LogP contribution < -0.4 is 0 Å². The first kappa shape index (κ1) is 11.4. The van der Waals surface area contributed by atoms with E-state index in [-0.39, 0.29) is 0 Å². The quantitative estimate of drug-likeness (QED) is 0.810. The second-order valence-corrected chi connectivity index (χ2v) is 4.41. The third-order valence-corrected chi connectivity index (χ3v) is 3.04. The fourth-order valence-corrected chi connectivity index (χ4v) is 2.00. The van der Waals surface area contributed by atoms with Crippen LogP contribution in [0.1, 0.15) is 28.2 Å². The lowest BCUT2D eigenvalue weighted by atomic mass is 9.98. The first-order chi connectivity index (χ1) is 8.02. The summed E-state index contributed by atoms with van der Waals surface area (Å²) < 4.78 is 0. The molecule has 0 unspecified atom stereocenters. The van der Waals surface area contributed by atoms with E-state index >= 15 is 0 Å². The van der Waals surface area contributed by atoms with Gasteiger partial charge in [-0.1, -0.05) is 6.07 Å². The number of nitrogens with zero attached hydrogens (tertiary/aromatic N) is 2. The van der Waals surface area contributed by atoms with E-state index in [0.717, 1.165) is 22.6 Å². The van der Waals surface area contributed by atoms with Crippen molar-refractivity contribution in [3.63, 3.8) is 0 Å². The van der Waals surface area contributed by atoms with E-state index in [2.05, 4.69) is 48.9 Å². The Kier molecular flexibility index (Phi) is 2.72. The van der Waals surface area contributed by atoms with Crippen molar-refractivity contribution in [3.8, 4) is 17.3 Å². The van der Waals surface area contributed by atoms with Crippen LogP contribution >= 0.6 is 0 Å². The van der Waals surface area contributed by atoms with Gasteiger partial charge in [0.2, 0.25) is 0 Å². The zero-order valence-corrected chi connectivity index (χ0v) is 10.5. The number of hydrogen-bond donors (Lipinski definition) is 1. The van der Waals surface area contributed by atoms with Gasteiger partial charge in [-0.25, -0.2) is 4.98 Å². The first-order valence-electron chi connectivity index (χ1n) is 5.58. The van der Waals surface area contributed by atoms with Crippen molar-refractivity contribution in [2.24, 2.45) is 0 Å². The molecule has 1 aromatic heterocycles. The Balaban J connectivity index is 2.69. The Morgan fingerprint density at radius 1 is 1.06 bits per heavy atom. The van der Waals surface area contributed by atoms with E-state index in [1.165, 1.54) is 11.1 Å². The standard InChI is InChI=1S/C14H15N3/c1-8-5-10(3)12(6-9(8)2)14-13(7-15)16-11(4)17-14/h5-6H,1-4H3,(H,16,17). The molecule has 0 radical (unpaired) electrons. The molecule has 1 N–H and O–H groups in total. The molecule has 0 atom stereocenters. The van der Waals surface area contributed by atoms with E-state index in [9.17, 15) is 0 Å². The van der Waals surface area contributed by atoms with Gasteiger partial charge < -0.3 is 4.98 Å². The van der Waals surface area contributed by atoms with Crippen molar-refractivity contribution in [2.45, 2.75) is 27.7 Å². The SMILES string of the molecule is Cc1nc(C#N)c(-c2cc(C)c(C)cc2C)[nH]1. The molecule has 0 aliphatic heterocycles. The molecule has 2 rings (SSSR count). The fraction of sp³-hybridized carbons (Fsp3) is 0.286. The third-order valence-electron chi connectivity index (χ3n) is 3.04. The van der Waals surface area contributed by atoms with Crippen LogP contribution in [-0.2, 0) is 0 Å². The van der Waals surface area contributed by atoms with Crippen LogP contribution in [0, 0.1) is 39.0 Å². The lowest BCUT2D eigenvalue weighted by Gasteiger charge is -2.08. The maximum absolute atomic E-state index is 9.08. The Morgan fingerprint density at radius 2 is 1.71 bits per heavy atom. The predicted molar refractivity (Wildman–Crippen MR) is 67.7 cm³/mol. The Morgan fingerprint density at radius 3 is 2.35 bits per heavy atom. The first-order valence-corrected chi connectivity index (χ1v) is 5.58. The van der Waals surface area contributed by atoms with Gasteiger partial charge in [-0.05, 0) is 50.5 Å². The van der Waals surface area contributed by atoms with Crippen LogP contribution in [0.3, 0.4) is 0 Å². The molecule has 3 nitrogen and oxygen atoms in total. The minimum Gasteiger partial charge on any atom is -0.341 e. The van der Waals surface area contributed by atoms with Crippen molar-refractivity contribution < 1.29 is 0 Å². The van der Waals surface area contributed by atoms with Gasteiger partial charge in [-0.2, -0.15) is 5.26 Å². The summed E-state index contributed by atoms with van der Waals surface area (Å²) in [5.41, 5.74) is 6.00. The van der Waals surface area contributed by atoms with Crippen LogP contribution in [0.5, 0.6) is 0 Å². The Hall–Kier alpha value is -2.08. The van der Waals surface area contributed by atoms with Gasteiger partial charge >= 0.3 is 0 Å². The van der Waals surface area contributed by atoms with Gasteiger partial charge in [-0.15, -0.1) is 0 Å². The van der Waals surface area contributed by atoms with Crippen LogP contribution in [0.2, 0.25) is 0 Å². The van der Waals surface area contributed by atoms with E-state index in [0.29, 0.717) is 5.69 Å². The number of nitrogens with one attached hydrogen (secondary N) is 1. The molecular formula is C14H15N3. The summed E-state index contributed by atoms with van der Waals surface area (Å²) in [5, 5.41) is 9.08. The molecule has 17 heavy (non-hydrogen) atoms. The van der Waals surface area contributed by atoms with E-state index in [1.54, 1.807) is 0 Å². The third kappa shape index (κ3) is 1.94. The van der Waals surface area contributed by atoms with Crippen LogP contribution in [0.15, 0.2) is 12.1 Å². The van der Waals surface area contributed by atoms with Gasteiger partial charge in [0, 0.05) is 5.56 Å². The van der Waals surface area contributed by atoms with Crippen LogP contribution in [0.25, 0.3) is 11.3 Å². The molecule has 1 aromatic carbocycles. The summed E-state index contributed by atoms with van der Waals surface area (Å²) in [6.07, 6.45) is 0. The van der Waals surface area contributed by atoms with Crippen molar-refractivity contribution >= 4 is 0 Å². The summed E-state index contributed by atoms with van der Waals surface area (Å²) in [7, 11) is 0. The number of aromatic amines is 1. The number of H-pyrrole nitrogens is 1. The molecule has 0 bridgehead atoms. The molecule has 0 spiro atoms. The molecule has 0 aliphatic carbocycles. The maximum Gasteiger partial charge on any atom is 0.166 e. The average molecular weight is 225 g/mol. The number of nitriles is 1. The van der Waals surface area contributed by atoms with Crippen LogP contribution in [-0.4, -0.2) is 9.97 Å². The van der Waals surface area contributed by atoms with E-state index in [4.69, 9.17) is 5.26 Å². The summed E-state index contributed by atoms with van der Waals surface area (Å²) in [4.78, 5) is 7.35. The predicted octanol–water partition coefficient (Wildman–Crippen LogP) is 3.18. The topological polar surface area (TPSA) is 52.5 Å². The van der Waals surface area contributed by atoms with Gasteiger partial charge in [0.15, 0.2) is 5.69 Å². The number of aromatic nitrogens is 2. The second-order valence-electron chi connectivity index (χ2n) is 4.41. The summed E-state index contributed by atoms with van der Waals surface area (Å²) in [6, 6.07) is 6.38. The van der Waals surface area contributed by atoms with Crippen molar-refractivity contribution in [1.29, 1.82) is 5.26 Å². The molecule has 0 saturated heterocycles. The maximum atomic E-state index is 9.08. The van der Waals surface area contributed by atoms with E-state index < -0.39 is 0 Å². The summed E-state index contributed by atoms with van der Waals surface area (Å²) in [6.45, 7) is 8.09. The molecule has 0 aliphatic rings. The molecule has 0 saturated carbocycles. The zero-order valence-electron chi connectivity index (χ0n) is 10.5. The number of aryl methyl sites for hydroxylation is 4. The molecule has 2 aromatic rings. The smallest absolute Gasteiger partial charge is 0.166 e. The van der Waals surface area contributed by atoms with Crippen molar-refractivity contribution in [1.82, 2.24) is 9.97 Å². The fourth-order valence-electron chi connectivity index (χ4n) is 2.00. The lowest BCUT2D eigenvalue weighted by molar-refractivity contribution is 1.14. The minimum atomic E-state index is 0.467. The minimum absolute atomic E-state index is 0.467. The number of rotatable bonds is 1. The summed E-state index contributed by atoms with van der Waals surface area (Å²) in [5.74, 6) is 0.772. The zero-order chi connectivity index (χ0) is 12.6.